The van der Waals surface area contributed by atoms with Gasteiger partial charge >= 0.3 is 0 Å². The molecule has 0 saturated heterocycles. The molecule has 0 spiro atoms. The van der Waals surface area contributed by atoms with E-state index in [1.807, 2.05) is 25.1 Å². The lowest BCUT2D eigenvalue weighted by Gasteiger charge is -2.24. The van der Waals surface area contributed by atoms with Gasteiger partial charge in [-0.3, -0.25) is 0 Å². The van der Waals surface area contributed by atoms with Crippen LogP contribution in [-0.4, -0.2) is 29.3 Å². The summed E-state index contributed by atoms with van der Waals surface area (Å²) in [5.74, 6) is 0. The Morgan fingerprint density at radius 1 is 1.62 bits per heavy atom. The van der Waals surface area contributed by atoms with Gasteiger partial charge in [-0.15, -0.1) is 11.3 Å². The molecular formula is C9H16N2OS. The summed E-state index contributed by atoms with van der Waals surface area (Å²) in [5, 5.41) is 10.5. The molecule has 0 atom stereocenters. The minimum absolute atomic E-state index is 0.597. The highest BCUT2D eigenvalue weighted by Crippen LogP contribution is 2.21. The van der Waals surface area contributed by atoms with Crippen LogP contribution in [0.25, 0.3) is 0 Å². The fraction of sp³-hybridized carbons (Fsp3) is 0.667. The third-order valence-electron chi connectivity index (χ3n) is 1.56. The topological polar surface area (TPSA) is 36.4 Å². The van der Waals surface area contributed by atoms with Gasteiger partial charge in [-0.1, -0.05) is 0 Å². The molecule has 1 aromatic rings. The number of thiazole rings is 1. The smallest absolute Gasteiger partial charge is 0.185 e. The van der Waals surface area contributed by atoms with Crippen LogP contribution in [0.15, 0.2) is 6.20 Å². The summed E-state index contributed by atoms with van der Waals surface area (Å²) in [6, 6.07) is 0. The van der Waals surface area contributed by atoms with Gasteiger partial charge in [0, 0.05) is 24.7 Å². The first-order chi connectivity index (χ1) is 5.88. The first kappa shape index (κ1) is 10.5. The van der Waals surface area contributed by atoms with Crippen molar-refractivity contribution < 1.29 is 5.11 Å². The summed E-state index contributed by atoms with van der Waals surface area (Å²) in [6.07, 6.45) is 1.85. The molecule has 0 fully saturated rings. The summed E-state index contributed by atoms with van der Waals surface area (Å²) in [7, 11) is 1.94. The zero-order valence-electron chi connectivity index (χ0n) is 8.53. The van der Waals surface area contributed by atoms with Gasteiger partial charge in [-0.05, 0) is 20.8 Å². The van der Waals surface area contributed by atoms with Crippen molar-refractivity contribution in [3.8, 4) is 0 Å². The molecule has 0 aliphatic rings. The molecule has 0 amide bonds. The van der Waals surface area contributed by atoms with Crippen LogP contribution < -0.4 is 4.90 Å². The number of likely N-dealkylation sites (N-methyl/N-ethyl adjacent to an activating group) is 1. The van der Waals surface area contributed by atoms with Gasteiger partial charge in [-0.2, -0.15) is 0 Å². The third-order valence-corrected chi connectivity index (χ3v) is 2.59. The Bertz CT molecular complexity index is 277. The second-order valence-electron chi connectivity index (χ2n) is 3.92. The van der Waals surface area contributed by atoms with Crippen LogP contribution in [-0.2, 0) is 0 Å². The highest BCUT2D eigenvalue weighted by Gasteiger charge is 2.17. The van der Waals surface area contributed by atoms with Crippen molar-refractivity contribution in [3.05, 3.63) is 11.1 Å². The highest BCUT2D eigenvalue weighted by molar-refractivity contribution is 7.15. The Balaban J connectivity index is 2.64. The zero-order valence-corrected chi connectivity index (χ0v) is 9.35. The maximum absolute atomic E-state index is 9.59. The summed E-state index contributed by atoms with van der Waals surface area (Å²) in [4.78, 5) is 7.40. The molecule has 0 radical (unpaired) electrons. The maximum Gasteiger partial charge on any atom is 0.185 e. The number of aryl methyl sites for hydroxylation is 1. The summed E-state index contributed by atoms with van der Waals surface area (Å²) < 4.78 is 0. The largest absolute Gasteiger partial charge is 0.389 e. The van der Waals surface area contributed by atoms with Gasteiger partial charge < -0.3 is 10.0 Å². The average Bonchev–Trinajstić information content (AvgIpc) is 2.31. The minimum Gasteiger partial charge on any atom is -0.389 e. The molecule has 1 aromatic heterocycles. The van der Waals surface area contributed by atoms with Crippen LogP contribution >= 0.6 is 11.3 Å². The molecule has 1 N–H and O–H groups in total. The van der Waals surface area contributed by atoms with Crippen molar-refractivity contribution in [3.63, 3.8) is 0 Å². The van der Waals surface area contributed by atoms with E-state index in [2.05, 4.69) is 4.98 Å². The molecule has 0 aliphatic heterocycles. The SMILES string of the molecule is Cc1cnc(N(C)CC(C)(C)O)s1. The Hall–Kier alpha value is -0.610. The second kappa shape index (κ2) is 3.64. The molecule has 4 heteroatoms. The van der Waals surface area contributed by atoms with Crippen molar-refractivity contribution >= 4 is 16.5 Å². The molecule has 0 aliphatic carbocycles. The van der Waals surface area contributed by atoms with E-state index in [1.54, 1.807) is 25.2 Å². The van der Waals surface area contributed by atoms with Gasteiger partial charge in [0.2, 0.25) is 0 Å². The summed E-state index contributed by atoms with van der Waals surface area (Å²) in [5.41, 5.74) is -0.672. The van der Waals surface area contributed by atoms with Gasteiger partial charge in [0.1, 0.15) is 0 Å². The molecule has 1 heterocycles. The van der Waals surface area contributed by atoms with E-state index >= 15 is 0 Å². The lowest BCUT2D eigenvalue weighted by atomic mass is 10.1. The van der Waals surface area contributed by atoms with Crippen molar-refractivity contribution in [1.29, 1.82) is 0 Å². The van der Waals surface area contributed by atoms with Crippen LogP contribution in [0.4, 0.5) is 5.13 Å². The predicted octanol–water partition coefficient (Wildman–Crippen LogP) is 1.66. The lowest BCUT2D eigenvalue weighted by molar-refractivity contribution is 0.0886. The maximum atomic E-state index is 9.59. The number of rotatable bonds is 3. The zero-order chi connectivity index (χ0) is 10.1. The molecule has 0 saturated carbocycles. The van der Waals surface area contributed by atoms with E-state index < -0.39 is 5.60 Å². The molecule has 0 aromatic carbocycles. The molecule has 13 heavy (non-hydrogen) atoms. The Morgan fingerprint density at radius 2 is 2.23 bits per heavy atom. The summed E-state index contributed by atoms with van der Waals surface area (Å²) >= 11 is 1.64. The fourth-order valence-electron chi connectivity index (χ4n) is 1.17. The fourth-order valence-corrected chi connectivity index (χ4v) is 1.89. The minimum atomic E-state index is -0.672. The van der Waals surface area contributed by atoms with E-state index in [4.69, 9.17) is 0 Å². The molecule has 3 nitrogen and oxygen atoms in total. The third kappa shape index (κ3) is 3.32. The van der Waals surface area contributed by atoms with Crippen LogP contribution in [0.3, 0.4) is 0 Å². The first-order valence-corrected chi connectivity index (χ1v) is 5.06. The number of aliphatic hydroxyl groups is 1. The van der Waals surface area contributed by atoms with Crippen LogP contribution in [0.5, 0.6) is 0 Å². The van der Waals surface area contributed by atoms with E-state index in [0.29, 0.717) is 6.54 Å². The normalized spacial score (nSPS) is 11.8. The Kier molecular flexibility index (Phi) is 2.93. The van der Waals surface area contributed by atoms with Crippen LogP contribution in [0.2, 0.25) is 0 Å². The quantitative estimate of drug-likeness (QED) is 0.806. The molecular weight excluding hydrogens is 184 g/mol. The number of hydrogen-bond donors (Lipinski definition) is 1. The van der Waals surface area contributed by atoms with Gasteiger partial charge in [0.15, 0.2) is 5.13 Å². The number of aromatic nitrogens is 1. The Labute approximate surface area is 83.0 Å². The van der Waals surface area contributed by atoms with Crippen LogP contribution in [0, 0.1) is 6.92 Å². The standard InChI is InChI=1S/C9H16N2OS/c1-7-5-10-8(13-7)11(4)6-9(2,3)12/h5,12H,6H2,1-4H3. The number of anilines is 1. The first-order valence-electron chi connectivity index (χ1n) is 4.24. The van der Waals surface area contributed by atoms with Crippen LogP contribution in [0.1, 0.15) is 18.7 Å². The van der Waals surface area contributed by atoms with Crippen molar-refractivity contribution in [2.24, 2.45) is 0 Å². The predicted molar refractivity (Wildman–Crippen MR) is 56.4 cm³/mol. The van der Waals surface area contributed by atoms with Crippen molar-refractivity contribution in [2.75, 3.05) is 18.5 Å². The van der Waals surface area contributed by atoms with E-state index in [0.717, 1.165) is 5.13 Å². The van der Waals surface area contributed by atoms with Gasteiger partial charge in [0.05, 0.1) is 5.60 Å². The highest BCUT2D eigenvalue weighted by atomic mass is 32.1. The second-order valence-corrected chi connectivity index (χ2v) is 5.14. The van der Waals surface area contributed by atoms with E-state index in [1.165, 1.54) is 4.88 Å². The van der Waals surface area contributed by atoms with Crippen molar-refractivity contribution in [1.82, 2.24) is 4.98 Å². The van der Waals surface area contributed by atoms with E-state index in [-0.39, 0.29) is 0 Å². The molecule has 1 rings (SSSR count). The van der Waals surface area contributed by atoms with Gasteiger partial charge in [-0.25, -0.2) is 4.98 Å². The van der Waals surface area contributed by atoms with E-state index in [9.17, 15) is 5.11 Å². The van der Waals surface area contributed by atoms with Crippen molar-refractivity contribution in [2.45, 2.75) is 26.4 Å². The molecule has 0 unspecified atom stereocenters. The number of nitrogens with zero attached hydrogens (tertiary/aromatic N) is 2. The molecule has 74 valence electrons. The Morgan fingerprint density at radius 3 is 2.62 bits per heavy atom. The number of hydrogen-bond acceptors (Lipinski definition) is 4. The molecule has 0 bridgehead atoms. The van der Waals surface area contributed by atoms with Gasteiger partial charge in [0.25, 0.3) is 0 Å². The average molecular weight is 200 g/mol. The summed E-state index contributed by atoms with van der Waals surface area (Å²) in [6.45, 7) is 6.22. The lowest BCUT2D eigenvalue weighted by Crippen LogP contribution is -2.36. The monoisotopic (exact) mass is 200 g/mol.